The first-order valence-electron chi connectivity index (χ1n) is 5.98. The number of rotatable bonds is 5. The summed E-state index contributed by atoms with van der Waals surface area (Å²) in [5, 5.41) is 3.33. The van der Waals surface area contributed by atoms with Crippen LogP contribution in [0.3, 0.4) is 0 Å². The van der Waals surface area contributed by atoms with Crippen LogP contribution < -0.4 is 16.6 Å². The summed E-state index contributed by atoms with van der Waals surface area (Å²) in [5.41, 5.74) is 3.49. The molecule has 0 aliphatic rings. The topological polar surface area (TPSA) is 75.9 Å². The van der Waals surface area contributed by atoms with E-state index in [9.17, 15) is 0 Å². The minimum absolute atomic E-state index is 0.102. The summed E-state index contributed by atoms with van der Waals surface area (Å²) in [6, 6.07) is 0. The van der Waals surface area contributed by atoms with Crippen molar-refractivity contribution in [2.24, 2.45) is 5.84 Å². The van der Waals surface area contributed by atoms with Crippen LogP contribution in [0.4, 0.5) is 11.6 Å². The van der Waals surface area contributed by atoms with Gasteiger partial charge >= 0.3 is 0 Å². The van der Waals surface area contributed by atoms with Gasteiger partial charge in [-0.1, -0.05) is 20.8 Å². The Hall–Kier alpha value is -1.01. The van der Waals surface area contributed by atoms with E-state index >= 15 is 0 Å². The molecule has 0 bridgehead atoms. The molecule has 6 heteroatoms. The summed E-state index contributed by atoms with van der Waals surface area (Å²) < 4.78 is 0. The molecule has 0 unspecified atom stereocenters. The number of hydrogen-bond acceptors (Lipinski definition) is 6. The van der Waals surface area contributed by atoms with E-state index in [-0.39, 0.29) is 5.41 Å². The lowest BCUT2D eigenvalue weighted by Crippen LogP contribution is -2.21. The number of aromatic nitrogens is 2. The predicted octanol–water partition coefficient (Wildman–Crippen LogP) is 2.14. The quantitative estimate of drug-likeness (QED) is 0.432. The smallest absolute Gasteiger partial charge is 0.148 e. The lowest BCUT2D eigenvalue weighted by molar-refractivity contribution is 0.546. The number of nitrogens with two attached hydrogens (primary N) is 1. The lowest BCUT2D eigenvalue weighted by Gasteiger charge is -2.20. The summed E-state index contributed by atoms with van der Waals surface area (Å²) in [6.45, 7) is 9.10. The molecule has 0 saturated carbocycles. The molecule has 0 aromatic carbocycles. The van der Waals surface area contributed by atoms with Gasteiger partial charge in [-0.05, 0) is 13.2 Å². The first-order valence-corrected chi connectivity index (χ1v) is 7.38. The van der Waals surface area contributed by atoms with Crippen LogP contribution in [-0.2, 0) is 5.41 Å². The molecule has 0 amide bonds. The van der Waals surface area contributed by atoms with Gasteiger partial charge in [-0.3, -0.25) is 0 Å². The van der Waals surface area contributed by atoms with Crippen LogP contribution in [0.5, 0.6) is 0 Å². The Morgan fingerprint density at radius 3 is 2.33 bits per heavy atom. The molecule has 18 heavy (non-hydrogen) atoms. The molecule has 0 fully saturated rings. The fourth-order valence-corrected chi connectivity index (χ4v) is 1.74. The van der Waals surface area contributed by atoms with Crippen molar-refractivity contribution in [2.45, 2.75) is 33.1 Å². The van der Waals surface area contributed by atoms with E-state index in [1.54, 1.807) is 11.8 Å². The summed E-state index contributed by atoms with van der Waals surface area (Å²) >= 11 is 1.80. The molecule has 1 heterocycles. The molecule has 0 aliphatic heterocycles. The van der Waals surface area contributed by atoms with Crippen molar-refractivity contribution in [3.63, 3.8) is 0 Å². The molecule has 5 nitrogen and oxygen atoms in total. The van der Waals surface area contributed by atoms with Crippen molar-refractivity contribution in [2.75, 3.05) is 29.3 Å². The highest BCUT2D eigenvalue weighted by atomic mass is 32.2. The van der Waals surface area contributed by atoms with E-state index in [0.717, 1.165) is 29.5 Å². The zero-order chi connectivity index (χ0) is 13.8. The largest absolute Gasteiger partial charge is 0.369 e. The van der Waals surface area contributed by atoms with Gasteiger partial charge in [0.15, 0.2) is 0 Å². The maximum atomic E-state index is 5.51. The van der Waals surface area contributed by atoms with Gasteiger partial charge in [0, 0.05) is 23.3 Å². The first kappa shape index (κ1) is 15.0. The molecule has 102 valence electrons. The van der Waals surface area contributed by atoms with E-state index in [1.807, 2.05) is 6.92 Å². The Morgan fingerprint density at radius 1 is 1.22 bits per heavy atom. The standard InChI is InChI=1S/C12H23N5S/c1-8-9(14-6-7-18-5)15-11(12(2,3)4)16-10(8)17-13/h6-7,13H2,1-5H3,(H2,14,15,16,17). The van der Waals surface area contributed by atoms with E-state index < -0.39 is 0 Å². The van der Waals surface area contributed by atoms with Gasteiger partial charge in [0.05, 0.1) is 0 Å². The van der Waals surface area contributed by atoms with Crippen LogP contribution in [0.25, 0.3) is 0 Å². The van der Waals surface area contributed by atoms with E-state index in [4.69, 9.17) is 5.84 Å². The number of hydrazine groups is 1. The molecule has 0 aliphatic carbocycles. The molecular formula is C12H23N5S. The van der Waals surface area contributed by atoms with Crippen LogP contribution in [0.2, 0.25) is 0 Å². The molecule has 0 saturated heterocycles. The van der Waals surface area contributed by atoms with E-state index in [2.05, 4.69) is 47.7 Å². The van der Waals surface area contributed by atoms with Crippen LogP contribution >= 0.6 is 11.8 Å². The third kappa shape index (κ3) is 3.74. The zero-order valence-electron chi connectivity index (χ0n) is 11.8. The molecule has 4 N–H and O–H groups in total. The van der Waals surface area contributed by atoms with Crippen molar-refractivity contribution in [1.29, 1.82) is 0 Å². The monoisotopic (exact) mass is 269 g/mol. The van der Waals surface area contributed by atoms with Gasteiger partial charge in [-0.2, -0.15) is 11.8 Å². The Bertz CT molecular complexity index is 400. The van der Waals surface area contributed by atoms with Gasteiger partial charge in [-0.25, -0.2) is 15.8 Å². The van der Waals surface area contributed by atoms with Crippen molar-refractivity contribution >= 4 is 23.4 Å². The average molecular weight is 269 g/mol. The van der Waals surface area contributed by atoms with Crippen LogP contribution in [0.1, 0.15) is 32.2 Å². The molecule has 0 radical (unpaired) electrons. The van der Waals surface area contributed by atoms with Crippen LogP contribution in [0.15, 0.2) is 0 Å². The van der Waals surface area contributed by atoms with Crippen LogP contribution in [0, 0.1) is 6.92 Å². The summed E-state index contributed by atoms with van der Waals surface area (Å²) in [4.78, 5) is 9.06. The third-order valence-corrected chi connectivity index (χ3v) is 3.16. The molecule has 1 rings (SSSR count). The summed E-state index contributed by atoms with van der Waals surface area (Å²) in [7, 11) is 0. The highest BCUT2D eigenvalue weighted by Crippen LogP contribution is 2.25. The van der Waals surface area contributed by atoms with Crippen molar-refractivity contribution in [1.82, 2.24) is 9.97 Å². The minimum atomic E-state index is -0.102. The van der Waals surface area contributed by atoms with E-state index in [1.165, 1.54) is 0 Å². The second-order valence-electron chi connectivity index (χ2n) is 5.18. The van der Waals surface area contributed by atoms with Gasteiger partial charge < -0.3 is 10.7 Å². The maximum absolute atomic E-state index is 5.51. The predicted molar refractivity (Wildman–Crippen MR) is 80.2 cm³/mol. The Morgan fingerprint density at radius 2 is 1.83 bits per heavy atom. The zero-order valence-corrected chi connectivity index (χ0v) is 12.6. The minimum Gasteiger partial charge on any atom is -0.369 e. The Balaban J connectivity index is 3.07. The number of hydrogen-bond donors (Lipinski definition) is 3. The fourth-order valence-electron chi connectivity index (χ4n) is 1.44. The highest BCUT2D eigenvalue weighted by Gasteiger charge is 2.20. The van der Waals surface area contributed by atoms with Gasteiger partial charge in [0.25, 0.3) is 0 Å². The molecule has 0 spiro atoms. The van der Waals surface area contributed by atoms with Crippen molar-refractivity contribution in [3.8, 4) is 0 Å². The van der Waals surface area contributed by atoms with Gasteiger partial charge in [-0.15, -0.1) is 0 Å². The highest BCUT2D eigenvalue weighted by molar-refractivity contribution is 7.98. The average Bonchev–Trinajstić information content (AvgIpc) is 2.30. The Labute approximate surface area is 113 Å². The second kappa shape index (κ2) is 6.24. The van der Waals surface area contributed by atoms with Crippen molar-refractivity contribution in [3.05, 3.63) is 11.4 Å². The van der Waals surface area contributed by atoms with Gasteiger partial charge in [0.1, 0.15) is 17.5 Å². The molecule has 1 aromatic rings. The summed E-state index contributed by atoms with van der Waals surface area (Å²) in [6.07, 6.45) is 2.09. The number of nitrogens with one attached hydrogen (secondary N) is 2. The van der Waals surface area contributed by atoms with Crippen LogP contribution in [-0.4, -0.2) is 28.5 Å². The first-order chi connectivity index (χ1) is 8.40. The molecular weight excluding hydrogens is 246 g/mol. The Kier molecular flexibility index (Phi) is 5.22. The number of nitrogens with zero attached hydrogens (tertiary/aromatic N) is 2. The number of nitrogen functional groups attached to an aromatic ring is 1. The normalized spacial score (nSPS) is 11.4. The van der Waals surface area contributed by atoms with Gasteiger partial charge in [0.2, 0.25) is 0 Å². The summed E-state index contributed by atoms with van der Waals surface area (Å²) in [5.74, 6) is 8.88. The fraction of sp³-hybridized carbons (Fsp3) is 0.667. The molecule has 1 aromatic heterocycles. The molecule has 0 atom stereocenters. The third-order valence-electron chi connectivity index (χ3n) is 2.55. The number of anilines is 2. The van der Waals surface area contributed by atoms with Crippen molar-refractivity contribution < 1.29 is 0 Å². The lowest BCUT2D eigenvalue weighted by atomic mass is 9.95. The number of thioether (sulfide) groups is 1. The maximum Gasteiger partial charge on any atom is 0.148 e. The van der Waals surface area contributed by atoms with E-state index in [0.29, 0.717) is 5.82 Å². The second-order valence-corrected chi connectivity index (χ2v) is 6.17. The SMILES string of the molecule is CSCCNc1nc(C(C)(C)C)nc(NN)c1C.